The Balaban J connectivity index is 2.11. The maximum Gasteiger partial charge on any atom is 0.314 e. The molecule has 1 aliphatic rings. The topological polar surface area (TPSA) is 80.7 Å². The van der Waals surface area contributed by atoms with Crippen LogP contribution in [0.25, 0.3) is 0 Å². The molecule has 138 valence electrons. The first-order valence-corrected chi connectivity index (χ1v) is 9.58. The van der Waals surface area contributed by atoms with E-state index in [1.54, 1.807) is 12.1 Å². The third kappa shape index (κ3) is 2.81. The molecular formula is C19H19FO5S. The number of halogens is 1. The Bertz CT molecular complexity index is 921. The second-order valence-corrected chi connectivity index (χ2v) is 8.66. The van der Waals surface area contributed by atoms with Crippen molar-refractivity contribution in [2.75, 3.05) is 13.7 Å². The lowest BCUT2D eigenvalue weighted by atomic mass is 10.00. The minimum atomic E-state index is -3.92. The molecule has 0 aromatic heterocycles. The Morgan fingerprint density at radius 1 is 1.15 bits per heavy atom. The quantitative estimate of drug-likeness (QED) is 0.836. The van der Waals surface area contributed by atoms with Crippen LogP contribution in [0.1, 0.15) is 17.0 Å². The first-order chi connectivity index (χ1) is 12.2. The maximum absolute atomic E-state index is 13.2. The molecule has 1 saturated carbocycles. The molecule has 0 aliphatic heterocycles. The number of ether oxygens (including phenoxy) is 1. The van der Waals surface area contributed by atoms with Gasteiger partial charge in [-0.1, -0.05) is 29.8 Å². The molecular weight excluding hydrogens is 359 g/mol. The molecule has 0 amide bonds. The van der Waals surface area contributed by atoms with Crippen molar-refractivity contribution in [1.29, 1.82) is 0 Å². The predicted molar refractivity (Wildman–Crippen MR) is 93.2 cm³/mol. The SMILES string of the molecule is COCC1(C(=O)O)C(c2ccc(F)cc2)C1S(=O)(=O)c1ccc(C)cc1. The van der Waals surface area contributed by atoms with Gasteiger partial charge in [0.15, 0.2) is 9.84 Å². The van der Waals surface area contributed by atoms with E-state index >= 15 is 0 Å². The summed E-state index contributed by atoms with van der Waals surface area (Å²) in [5.74, 6) is -2.53. The van der Waals surface area contributed by atoms with Crippen molar-refractivity contribution in [2.24, 2.45) is 5.41 Å². The van der Waals surface area contributed by atoms with Gasteiger partial charge in [-0.25, -0.2) is 12.8 Å². The minimum Gasteiger partial charge on any atom is -0.481 e. The smallest absolute Gasteiger partial charge is 0.314 e. The Kier molecular flexibility index (Phi) is 4.62. The highest BCUT2D eigenvalue weighted by Crippen LogP contribution is 2.64. The maximum atomic E-state index is 13.2. The first-order valence-electron chi connectivity index (χ1n) is 8.03. The van der Waals surface area contributed by atoms with E-state index in [1.165, 1.54) is 43.5 Å². The summed E-state index contributed by atoms with van der Waals surface area (Å²) in [5, 5.41) is 8.65. The van der Waals surface area contributed by atoms with Crippen molar-refractivity contribution >= 4 is 15.8 Å². The zero-order valence-electron chi connectivity index (χ0n) is 14.3. The zero-order valence-corrected chi connectivity index (χ0v) is 15.2. The molecule has 3 rings (SSSR count). The van der Waals surface area contributed by atoms with Gasteiger partial charge < -0.3 is 9.84 Å². The van der Waals surface area contributed by atoms with Gasteiger partial charge in [0, 0.05) is 13.0 Å². The number of rotatable bonds is 6. The van der Waals surface area contributed by atoms with Crippen LogP contribution in [0.15, 0.2) is 53.4 Å². The van der Waals surface area contributed by atoms with Crippen molar-refractivity contribution in [3.05, 3.63) is 65.5 Å². The number of hydrogen-bond donors (Lipinski definition) is 1. The molecule has 0 spiro atoms. The standard InChI is InChI=1S/C19H19FO5S/c1-12-3-9-15(10-4-12)26(23,24)17-16(13-5-7-14(20)8-6-13)19(17,11-25-2)18(21)22/h3-10,16-17H,11H2,1-2H3,(H,21,22). The number of carboxylic acid groups (broad SMARTS) is 1. The predicted octanol–water partition coefficient (Wildman–Crippen LogP) is 2.79. The second kappa shape index (κ2) is 6.48. The lowest BCUT2D eigenvalue weighted by molar-refractivity contribution is -0.145. The molecule has 1 aliphatic carbocycles. The van der Waals surface area contributed by atoms with Gasteiger partial charge in [0.1, 0.15) is 11.2 Å². The largest absolute Gasteiger partial charge is 0.481 e. The number of aryl methyl sites for hydroxylation is 1. The van der Waals surface area contributed by atoms with Gasteiger partial charge in [-0.2, -0.15) is 0 Å². The Labute approximate surface area is 151 Å². The molecule has 0 bridgehead atoms. The Morgan fingerprint density at radius 3 is 2.23 bits per heavy atom. The molecule has 1 N–H and O–H groups in total. The number of carbonyl (C=O) groups is 1. The van der Waals surface area contributed by atoms with Gasteiger partial charge in [0.05, 0.1) is 16.8 Å². The minimum absolute atomic E-state index is 0.0689. The van der Waals surface area contributed by atoms with Gasteiger partial charge in [0.25, 0.3) is 0 Å². The first kappa shape index (κ1) is 18.5. The van der Waals surface area contributed by atoms with E-state index in [9.17, 15) is 22.7 Å². The third-order valence-electron chi connectivity index (χ3n) is 4.95. The van der Waals surface area contributed by atoms with Gasteiger partial charge in [-0.15, -0.1) is 0 Å². The fourth-order valence-corrected chi connectivity index (χ4v) is 5.96. The van der Waals surface area contributed by atoms with E-state index in [2.05, 4.69) is 0 Å². The molecule has 5 nitrogen and oxygen atoms in total. The highest BCUT2D eigenvalue weighted by atomic mass is 32.2. The summed E-state index contributed by atoms with van der Waals surface area (Å²) in [6.07, 6.45) is 0. The van der Waals surface area contributed by atoms with E-state index in [1.807, 2.05) is 6.92 Å². The van der Waals surface area contributed by atoms with Crippen LogP contribution < -0.4 is 0 Å². The zero-order chi connectivity index (χ0) is 19.1. The van der Waals surface area contributed by atoms with Crippen LogP contribution in [0.4, 0.5) is 4.39 Å². The lowest BCUT2D eigenvalue weighted by Crippen LogP contribution is -2.28. The number of carboxylic acids is 1. The number of benzene rings is 2. The van der Waals surface area contributed by atoms with Crippen LogP contribution in [-0.2, 0) is 19.4 Å². The van der Waals surface area contributed by atoms with Crippen molar-refractivity contribution in [1.82, 2.24) is 0 Å². The molecule has 3 unspecified atom stereocenters. The molecule has 3 atom stereocenters. The van der Waals surface area contributed by atoms with Crippen LogP contribution >= 0.6 is 0 Å². The van der Waals surface area contributed by atoms with E-state index in [4.69, 9.17) is 4.74 Å². The van der Waals surface area contributed by atoms with Gasteiger partial charge >= 0.3 is 5.97 Å². The van der Waals surface area contributed by atoms with Crippen LogP contribution in [0.2, 0.25) is 0 Å². The van der Waals surface area contributed by atoms with Crippen LogP contribution in [-0.4, -0.2) is 38.5 Å². The highest BCUT2D eigenvalue weighted by Gasteiger charge is 2.76. The normalized spacial score (nSPS) is 25.0. The summed E-state index contributed by atoms with van der Waals surface area (Å²) < 4.78 is 44.6. The van der Waals surface area contributed by atoms with Gasteiger partial charge in [-0.05, 0) is 36.8 Å². The third-order valence-corrected chi connectivity index (χ3v) is 7.24. The molecule has 7 heteroatoms. The van der Waals surface area contributed by atoms with E-state index in [0.29, 0.717) is 5.56 Å². The van der Waals surface area contributed by atoms with Crippen LogP contribution in [0, 0.1) is 18.2 Å². The average Bonchev–Trinajstić information content (AvgIpc) is 3.27. The summed E-state index contributed by atoms with van der Waals surface area (Å²) in [5.41, 5.74) is -0.237. The molecule has 0 radical (unpaired) electrons. The van der Waals surface area contributed by atoms with Gasteiger partial charge in [0.2, 0.25) is 0 Å². The molecule has 0 saturated heterocycles. The Morgan fingerprint density at radius 2 is 1.73 bits per heavy atom. The average molecular weight is 378 g/mol. The number of hydrogen-bond acceptors (Lipinski definition) is 4. The fourth-order valence-electron chi connectivity index (χ4n) is 3.60. The van der Waals surface area contributed by atoms with Crippen molar-refractivity contribution < 1.29 is 27.4 Å². The summed E-state index contributed by atoms with van der Waals surface area (Å²) in [6, 6.07) is 11.5. The number of sulfone groups is 1. The molecule has 2 aromatic rings. The highest BCUT2D eigenvalue weighted by molar-refractivity contribution is 7.92. The fraction of sp³-hybridized carbons (Fsp3) is 0.316. The summed E-state index contributed by atoms with van der Waals surface area (Å²) in [6.45, 7) is 1.58. The Hall–Kier alpha value is -2.25. The molecule has 1 fully saturated rings. The molecule has 0 heterocycles. The van der Waals surface area contributed by atoms with E-state index in [0.717, 1.165) is 5.56 Å². The summed E-state index contributed by atoms with van der Waals surface area (Å²) >= 11 is 0. The number of aliphatic carboxylic acids is 1. The van der Waals surface area contributed by atoms with Gasteiger partial charge in [-0.3, -0.25) is 4.79 Å². The van der Waals surface area contributed by atoms with Crippen molar-refractivity contribution in [3.8, 4) is 0 Å². The van der Waals surface area contributed by atoms with Crippen LogP contribution in [0.5, 0.6) is 0 Å². The van der Waals surface area contributed by atoms with E-state index < -0.39 is 38.2 Å². The van der Waals surface area contributed by atoms with Crippen LogP contribution in [0.3, 0.4) is 0 Å². The van der Waals surface area contributed by atoms with E-state index in [-0.39, 0.29) is 11.5 Å². The summed E-state index contributed by atoms with van der Waals surface area (Å²) in [7, 11) is -2.59. The van der Waals surface area contributed by atoms with Crippen molar-refractivity contribution in [2.45, 2.75) is 23.0 Å². The monoisotopic (exact) mass is 378 g/mol. The van der Waals surface area contributed by atoms with Crippen molar-refractivity contribution in [3.63, 3.8) is 0 Å². The second-order valence-electron chi connectivity index (χ2n) is 6.59. The lowest BCUT2D eigenvalue weighted by Gasteiger charge is -2.12. The molecule has 26 heavy (non-hydrogen) atoms. The molecule has 2 aromatic carbocycles. The number of methoxy groups -OCH3 is 1. The summed E-state index contributed by atoms with van der Waals surface area (Å²) in [4.78, 5) is 12.1.